The highest BCUT2D eigenvalue weighted by Crippen LogP contribution is 2.40. The minimum Gasteiger partial charge on any atom is -0.456 e. The van der Waals surface area contributed by atoms with Gasteiger partial charge in [0.15, 0.2) is 17.5 Å². The fraction of sp³-hybridized carbons (Fsp3) is 0. The standard InChI is InChI=1S/C51H32N4O/c1-4-13-33(14-5-1)35-23-25-37(26-24-35)50-52-49(36-17-8-3-9-18-36)53-51(54-50)43-20-12-22-46-48(43)42-30-28-39(32-47(42)56-46)55-44-21-11-10-19-40(44)41-29-27-38(31-45(41)55)34-15-6-2-7-16-34/h1-32H. The normalized spacial score (nSPS) is 11.6. The van der Waals surface area contributed by atoms with Crippen molar-refractivity contribution in [2.24, 2.45) is 0 Å². The lowest BCUT2D eigenvalue weighted by atomic mass is 10.0. The topological polar surface area (TPSA) is 56.7 Å². The van der Waals surface area contributed by atoms with Gasteiger partial charge in [0.2, 0.25) is 0 Å². The zero-order valence-corrected chi connectivity index (χ0v) is 30.2. The molecule has 0 saturated carbocycles. The Bertz CT molecular complexity index is 3220. The molecule has 11 rings (SSSR count). The van der Waals surface area contributed by atoms with Gasteiger partial charge < -0.3 is 8.98 Å². The van der Waals surface area contributed by atoms with E-state index in [0.717, 1.165) is 66.5 Å². The summed E-state index contributed by atoms with van der Waals surface area (Å²) in [4.78, 5) is 15.2. The molecule has 5 nitrogen and oxygen atoms in total. The van der Waals surface area contributed by atoms with Crippen molar-refractivity contribution in [1.82, 2.24) is 19.5 Å². The predicted octanol–water partition coefficient (Wildman–Crippen LogP) is 13.2. The van der Waals surface area contributed by atoms with Gasteiger partial charge in [-0.05, 0) is 52.6 Å². The van der Waals surface area contributed by atoms with Crippen molar-refractivity contribution in [2.45, 2.75) is 0 Å². The lowest BCUT2D eigenvalue weighted by molar-refractivity contribution is 0.668. The molecule has 5 heteroatoms. The summed E-state index contributed by atoms with van der Waals surface area (Å²) in [6, 6.07) is 67.4. The zero-order chi connectivity index (χ0) is 37.0. The molecule has 0 aliphatic carbocycles. The predicted molar refractivity (Wildman–Crippen MR) is 229 cm³/mol. The van der Waals surface area contributed by atoms with Crippen molar-refractivity contribution in [3.63, 3.8) is 0 Å². The smallest absolute Gasteiger partial charge is 0.164 e. The summed E-state index contributed by atoms with van der Waals surface area (Å²) in [5.41, 5.74) is 12.3. The van der Waals surface area contributed by atoms with Gasteiger partial charge in [-0.3, -0.25) is 0 Å². The second-order valence-electron chi connectivity index (χ2n) is 14.0. The van der Waals surface area contributed by atoms with Gasteiger partial charge in [0.05, 0.1) is 11.0 Å². The van der Waals surface area contributed by atoms with Crippen molar-refractivity contribution in [3.8, 4) is 62.1 Å². The maximum atomic E-state index is 6.67. The Kier molecular flexibility index (Phi) is 7.42. The fourth-order valence-electron chi connectivity index (χ4n) is 7.98. The van der Waals surface area contributed by atoms with Crippen molar-refractivity contribution >= 4 is 43.7 Å². The summed E-state index contributed by atoms with van der Waals surface area (Å²) in [6.45, 7) is 0. The molecule has 0 amide bonds. The number of hydrogen-bond acceptors (Lipinski definition) is 4. The maximum absolute atomic E-state index is 6.67. The third-order valence-electron chi connectivity index (χ3n) is 10.7. The van der Waals surface area contributed by atoms with Crippen molar-refractivity contribution in [1.29, 1.82) is 0 Å². The van der Waals surface area contributed by atoms with Crippen molar-refractivity contribution < 1.29 is 4.42 Å². The van der Waals surface area contributed by atoms with Gasteiger partial charge in [-0.15, -0.1) is 0 Å². The van der Waals surface area contributed by atoms with E-state index in [-0.39, 0.29) is 0 Å². The van der Waals surface area contributed by atoms with Crippen LogP contribution in [0.5, 0.6) is 0 Å². The summed E-state index contributed by atoms with van der Waals surface area (Å²) in [5, 5.41) is 4.39. The summed E-state index contributed by atoms with van der Waals surface area (Å²) >= 11 is 0. The third-order valence-corrected chi connectivity index (χ3v) is 10.7. The average Bonchev–Trinajstić information content (AvgIpc) is 3.82. The van der Waals surface area contributed by atoms with Gasteiger partial charge in [0.25, 0.3) is 0 Å². The maximum Gasteiger partial charge on any atom is 0.164 e. The highest BCUT2D eigenvalue weighted by atomic mass is 16.3. The molecule has 8 aromatic carbocycles. The summed E-state index contributed by atoms with van der Waals surface area (Å²) in [5.74, 6) is 1.82. The van der Waals surface area contributed by atoms with E-state index in [2.05, 4.69) is 150 Å². The average molecular weight is 717 g/mol. The first-order valence-corrected chi connectivity index (χ1v) is 18.8. The Labute approximate surface area is 322 Å². The molecule has 262 valence electrons. The van der Waals surface area contributed by atoms with Crippen LogP contribution in [-0.4, -0.2) is 19.5 Å². The molecule has 0 fully saturated rings. The van der Waals surface area contributed by atoms with Crippen LogP contribution in [0.4, 0.5) is 0 Å². The lowest BCUT2D eigenvalue weighted by Gasteiger charge is -2.10. The number of furan rings is 1. The second kappa shape index (κ2) is 13.0. The van der Waals surface area contributed by atoms with Gasteiger partial charge in [-0.25, -0.2) is 15.0 Å². The Morgan fingerprint density at radius 2 is 0.875 bits per heavy atom. The van der Waals surface area contributed by atoms with Gasteiger partial charge in [0, 0.05) is 50.0 Å². The molecule has 0 aliphatic heterocycles. The molecular weight excluding hydrogens is 685 g/mol. The molecule has 0 unspecified atom stereocenters. The van der Waals surface area contributed by atoms with Crippen LogP contribution in [0.15, 0.2) is 199 Å². The molecule has 0 aliphatic rings. The molecule has 0 saturated heterocycles. The van der Waals surface area contributed by atoms with E-state index in [1.807, 2.05) is 48.5 Å². The van der Waals surface area contributed by atoms with Crippen LogP contribution < -0.4 is 0 Å². The van der Waals surface area contributed by atoms with E-state index < -0.39 is 0 Å². The molecule has 3 heterocycles. The Morgan fingerprint density at radius 3 is 1.61 bits per heavy atom. The van der Waals surface area contributed by atoms with Gasteiger partial charge in [-0.1, -0.05) is 158 Å². The Morgan fingerprint density at radius 1 is 0.339 bits per heavy atom. The molecule has 11 aromatic rings. The van der Waals surface area contributed by atoms with E-state index in [4.69, 9.17) is 19.4 Å². The first-order chi connectivity index (χ1) is 27.7. The van der Waals surface area contributed by atoms with E-state index in [9.17, 15) is 0 Å². The van der Waals surface area contributed by atoms with Crippen LogP contribution in [0.3, 0.4) is 0 Å². The summed E-state index contributed by atoms with van der Waals surface area (Å²) in [7, 11) is 0. The quantitative estimate of drug-likeness (QED) is 0.172. The van der Waals surface area contributed by atoms with Crippen LogP contribution in [0.2, 0.25) is 0 Å². The molecule has 0 spiro atoms. The molecule has 56 heavy (non-hydrogen) atoms. The van der Waals surface area contributed by atoms with Crippen LogP contribution in [-0.2, 0) is 0 Å². The Hall–Kier alpha value is -7.63. The number of fused-ring (bicyclic) bond motifs is 6. The first-order valence-electron chi connectivity index (χ1n) is 18.8. The number of nitrogens with zero attached hydrogens (tertiary/aromatic N) is 4. The highest BCUT2D eigenvalue weighted by Gasteiger charge is 2.20. The Balaban J connectivity index is 1.07. The first kappa shape index (κ1) is 31.9. The zero-order valence-electron chi connectivity index (χ0n) is 30.2. The largest absolute Gasteiger partial charge is 0.456 e. The summed E-state index contributed by atoms with van der Waals surface area (Å²) < 4.78 is 9.02. The van der Waals surface area contributed by atoms with E-state index >= 15 is 0 Å². The molecule has 0 N–H and O–H groups in total. The minimum absolute atomic E-state index is 0.592. The van der Waals surface area contributed by atoms with E-state index in [0.29, 0.717) is 17.5 Å². The number of benzene rings is 8. The number of rotatable bonds is 6. The van der Waals surface area contributed by atoms with Crippen LogP contribution in [0.25, 0.3) is 106 Å². The lowest BCUT2D eigenvalue weighted by Crippen LogP contribution is -2.00. The van der Waals surface area contributed by atoms with E-state index in [1.54, 1.807) is 0 Å². The number of para-hydroxylation sites is 1. The van der Waals surface area contributed by atoms with Crippen LogP contribution in [0.1, 0.15) is 0 Å². The van der Waals surface area contributed by atoms with E-state index in [1.165, 1.54) is 21.9 Å². The summed E-state index contributed by atoms with van der Waals surface area (Å²) in [6.07, 6.45) is 0. The third kappa shape index (κ3) is 5.37. The minimum atomic E-state index is 0.592. The molecular formula is C51H32N4O. The van der Waals surface area contributed by atoms with Crippen molar-refractivity contribution in [3.05, 3.63) is 194 Å². The highest BCUT2D eigenvalue weighted by molar-refractivity contribution is 6.13. The molecule has 3 aromatic heterocycles. The van der Waals surface area contributed by atoms with Gasteiger partial charge in [-0.2, -0.15) is 0 Å². The van der Waals surface area contributed by atoms with Gasteiger partial charge >= 0.3 is 0 Å². The van der Waals surface area contributed by atoms with Crippen LogP contribution >= 0.6 is 0 Å². The number of aromatic nitrogens is 4. The fourth-order valence-corrected chi connectivity index (χ4v) is 7.98. The number of hydrogen-bond donors (Lipinski definition) is 0. The second-order valence-corrected chi connectivity index (χ2v) is 14.0. The molecule has 0 radical (unpaired) electrons. The SMILES string of the molecule is c1ccc(-c2ccc(-c3nc(-c4ccccc4)nc(-c4cccc5oc6cc(-n7c8ccccc8c8ccc(-c9ccccc9)cc87)ccc6c45)n3)cc2)cc1. The molecule has 0 atom stereocenters. The monoisotopic (exact) mass is 716 g/mol. The van der Waals surface area contributed by atoms with Crippen LogP contribution in [0, 0.1) is 0 Å². The molecule has 0 bridgehead atoms. The van der Waals surface area contributed by atoms with Gasteiger partial charge in [0.1, 0.15) is 11.2 Å². The van der Waals surface area contributed by atoms with Crippen molar-refractivity contribution in [2.75, 3.05) is 0 Å².